The summed E-state index contributed by atoms with van der Waals surface area (Å²) in [6, 6.07) is 23.0. The predicted octanol–water partition coefficient (Wildman–Crippen LogP) is 7.05. The highest BCUT2D eigenvalue weighted by atomic mass is 35.9. The van der Waals surface area contributed by atoms with Gasteiger partial charge in [0.05, 0.1) is 0 Å². The van der Waals surface area contributed by atoms with Crippen LogP contribution in [0.15, 0.2) is 66.7 Å². The summed E-state index contributed by atoms with van der Waals surface area (Å²) in [5, 5.41) is 1.04. The van der Waals surface area contributed by atoms with Crippen molar-refractivity contribution in [2.75, 3.05) is 0 Å². The molecule has 0 heterocycles. The first-order valence-electron chi connectivity index (χ1n) is 7.46. The molecule has 0 aromatic heterocycles. The number of hydrogen-bond donors (Lipinski definition) is 0. The zero-order valence-corrected chi connectivity index (χ0v) is 15.5. The highest BCUT2D eigenvalue weighted by Gasteiger charge is 2.19. The van der Waals surface area contributed by atoms with Gasteiger partial charge in [0.15, 0.2) is 0 Å². The molecule has 0 aliphatic heterocycles. The van der Waals surface area contributed by atoms with Gasteiger partial charge >= 0.3 is 0 Å². The van der Waals surface area contributed by atoms with Crippen LogP contribution in [0.4, 0.5) is 0 Å². The summed E-state index contributed by atoms with van der Waals surface area (Å²) in [5.74, 6) is 0. The van der Waals surface area contributed by atoms with Crippen LogP contribution in [0.2, 0.25) is 0 Å². The molecule has 0 saturated heterocycles. The summed E-state index contributed by atoms with van der Waals surface area (Å²) in [4.78, 5) is 0. The Kier molecular flexibility index (Phi) is 5.07. The molecular formula is C20H17Cl2P. The molecule has 0 atom stereocenters. The predicted molar refractivity (Wildman–Crippen MR) is 105 cm³/mol. The molecule has 0 fully saturated rings. The maximum Gasteiger partial charge on any atom is 0.118 e. The van der Waals surface area contributed by atoms with Crippen molar-refractivity contribution in [3.05, 3.63) is 77.9 Å². The molecule has 116 valence electrons. The molecule has 3 aromatic rings. The summed E-state index contributed by atoms with van der Waals surface area (Å²) in [7, 11) is 0. The van der Waals surface area contributed by atoms with Crippen molar-refractivity contribution < 1.29 is 0 Å². The third kappa shape index (κ3) is 3.31. The van der Waals surface area contributed by atoms with Gasteiger partial charge in [-0.3, -0.25) is 0 Å². The minimum Gasteiger partial charge on any atom is -0.0727 e. The number of rotatable bonds is 3. The fourth-order valence-corrected chi connectivity index (χ4v) is 4.76. The van der Waals surface area contributed by atoms with Gasteiger partial charge in [-0.25, -0.2) is 0 Å². The zero-order chi connectivity index (χ0) is 16.4. The Morgan fingerprint density at radius 3 is 1.35 bits per heavy atom. The number of halogens is 2. The second kappa shape index (κ2) is 7.05. The standard InChI is InChI=1S/C20H17Cl2P/c1-14-8-3-5-10-16(14)18-12-7-13-19(20(18)23(21)22)17-11-6-4-9-15(17)2/h3-13H,1-2H3. The molecular weight excluding hydrogens is 342 g/mol. The van der Waals surface area contributed by atoms with E-state index in [0.29, 0.717) is 0 Å². The Morgan fingerprint density at radius 1 is 0.565 bits per heavy atom. The van der Waals surface area contributed by atoms with Gasteiger partial charge in [0.1, 0.15) is 6.63 Å². The van der Waals surface area contributed by atoms with Crippen LogP contribution in [0.25, 0.3) is 22.3 Å². The molecule has 0 bridgehead atoms. The molecule has 3 heteroatoms. The van der Waals surface area contributed by atoms with E-state index in [4.69, 9.17) is 22.5 Å². The maximum atomic E-state index is 6.45. The lowest BCUT2D eigenvalue weighted by atomic mass is 9.94. The topological polar surface area (TPSA) is 0 Å². The SMILES string of the molecule is Cc1ccccc1-c1cccc(-c2ccccc2C)c1P(Cl)Cl. The lowest BCUT2D eigenvalue weighted by molar-refractivity contribution is 1.45. The van der Waals surface area contributed by atoms with E-state index in [9.17, 15) is 0 Å². The molecule has 3 rings (SSSR count). The van der Waals surface area contributed by atoms with E-state index in [0.717, 1.165) is 16.4 Å². The second-order valence-electron chi connectivity index (χ2n) is 5.56. The van der Waals surface area contributed by atoms with Crippen molar-refractivity contribution in [2.45, 2.75) is 13.8 Å². The second-order valence-corrected chi connectivity index (χ2v) is 9.03. The summed E-state index contributed by atoms with van der Waals surface area (Å²) in [6.07, 6.45) is 0. The van der Waals surface area contributed by atoms with E-state index in [-0.39, 0.29) is 0 Å². The van der Waals surface area contributed by atoms with Crippen LogP contribution in [0.3, 0.4) is 0 Å². The molecule has 0 aliphatic carbocycles. The van der Waals surface area contributed by atoms with Crippen LogP contribution in [0, 0.1) is 13.8 Å². The number of benzene rings is 3. The first-order chi connectivity index (χ1) is 11.1. The minimum absolute atomic E-state index is 1.04. The number of aryl methyl sites for hydroxylation is 2. The first-order valence-corrected chi connectivity index (χ1v) is 10.6. The minimum atomic E-state index is -1.26. The van der Waals surface area contributed by atoms with Crippen LogP contribution in [-0.2, 0) is 0 Å². The van der Waals surface area contributed by atoms with Crippen molar-refractivity contribution >= 4 is 34.4 Å². The van der Waals surface area contributed by atoms with Gasteiger partial charge in [-0.2, -0.15) is 0 Å². The van der Waals surface area contributed by atoms with Gasteiger partial charge in [0.2, 0.25) is 0 Å². The quantitative estimate of drug-likeness (QED) is 0.440. The molecule has 0 nitrogen and oxygen atoms in total. The Balaban J connectivity index is 2.30. The van der Waals surface area contributed by atoms with Crippen LogP contribution in [0.5, 0.6) is 0 Å². The van der Waals surface area contributed by atoms with Crippen molar-refractivity contribution in [3.63, 3.8) is 0 Å². The third-order valence-corrected chi connectivity index (χ3v) is 5.91. The van der Waals surface area contributed by atoms with Crippen molar-refractivity contribution in [1.29, 1.82) is 0 Å². The molecule has 3 aromatic carbocycles. The molecule has 0 unspecified atom stereocenters. The number of hydrogen-bond acceptors (Lipinski definition) is 0. The van der Waals surface area contributed by atoms with Crippen molar-refractivity contribution in [2.24, 2.45) is 0 Å². The van der Waals surface area contributed by atoms with E-state index < -0.39 is 6.63 Å². The van der Waals surface area contributed by atoms with E-state index in [1.165, 1.54) is 22.3 Å². The molecule has 0 radical (unpaired) electrons. The van der Waals surface area contributed by atoms with Gasteiger partial charge in [0, 0.05) is 5.30 Å². The Morgan fingerprint density at radius 2 is 0.957 bits per heavy atom. The average Bonchev–Trinajstić information content (AvgIpc) is 2.55. The van der Waals surface area contributed by atoms with E-state index >= 15 is 0 Å². The molecule has 0 spiro atoms. The first kappa shape index (κ1) is 16.5. The van der Waals surface area contributed by atoms with E-state index in [1.807, 2.05) is 12.1 Å². The third-order valence-electron chi connectivity index (χ3n) is 4.08. The monoisotopic (exact) mass is 358 g/mol. The molecule has 0 aliphatic rings. The van der Waals surface area contributed by atoms with E-state index in [1.54, 1.807) is 0 Å². The molecule has 23 heavy (non-hydrogen) atoms. The van der Waals surface area contributed by atoms with Gasteiger partial charge in [-0.1, -0.05) is 89.2 Å². The normalized spacial score (nSPS) is 11.0. The average molecular weight is 359 g/mol. The van der Waals surface area contributed by atoms with Crippen molar-refractivity contribution in [1.82, 2.24) is 0 Å². The summed E-state index contributed by atoms with van der Waals surface area (Å²) >= 11 is 12.9. The van der Waals surface area contributed by atoms with Gasteiger partial charge < -0.3 is 0 Å². The highest BCUT2D eigenvalue weighted by Crippen LogP contribution is 2.50. The van der Waals surface area contributed by atoms with Crippen LogP contribution < -0.4 is 5.30 Å². The smallest absolute Gasteiger partial charge is 0.0727 e. The van der Waals surface area contributed by atoms with E-state index in [2.05, 4.69) is 68.4 Å². The van der Waals surface area contributed by atoms with Crippen LogP contribution in [-0.4, -0.2) is 0 Å². The Hall–Kier alpha value is -1.33. The summed E-state index contributed by atoms with van der Waals surface area (Å²) in [6.45, 7) is 2.97. The molecule has 0 saturated carbocycles. The summed E-state index contributed by atoms with van der Waals surface area (Å²) in [5.41, 5.74) is 7.07. The van der Waals surface area contributed by atoms with Crippen LogP contribution in [0.1, 0.15) is 11.1 Å². The Labute approximate surface area is 148 Å². The fraction of sp³-hybridized carbons (Fsp3) is 0.100. The molecule has 0 N–H and O–H groups in total. The van der Waals surface area contributed by atoms with Gasteiger partial charge in [-0.15, -0.1) is 0 Å². The lowest BCUT2D eigenvalue weighted by Gasteiger charge is -2.18. The largest absolute Gasteiger partial charge is 0.118 e. The maximum absolute atomic E-state index is 6.45. The van der Waals surface area contributed by atoms with Crippen molar-refractivity contribution in [3.8, 4) is 22.3 Å². The van der Waals surface area contributed by atoms with Gasteiger partial charge in [0.25, 0.3) is 0 Å². The summed E-state index contributed by atoms with van der Waals surface area (Å²) < 4.78 is 0. The zero-order valence-electron chi connectivity index (χ0n) is 13.1. The molecule has 0 amide bonds. The Bertz CT molecular complexity index is 777. The van der Waals surface area contributed by atoms with Crippen LogP contribution >= 0.6 is 29.1 Å². The fourth-order valence-electron chi connectivity index (χ4n) is 2.91. The highest BCUT2D eigenvalue weighted by molar-refractivity contribution is 8.09. The van der Waals surface area contributed by atoms with Gasteiger partial charge in [-0.05, 0) is 47.2 Å². The lowest BCUT2D eigenvalue weighted by Crippen LogP contribution is -2.07.